The summed E-state index contributed by atoms with van der Waals surface area (Å²) in [5, 5.41) is 8.96. The Balaban J connectivity index is 2.15. The minimum Gasteiger partial charge on any atom is -0.473 e. The van der Waals surface area contributed by atoms with Gasteiger partial charge in [0.25, 0.3) is 0 Å². The number of rotatable bonds is 2. The van der Waals surface area contributed by atoms with Crippen molar-refractivity contribution < 1.29 is 4.74 Å². The van der Waals surface area contributed by atoms with Crippen LogP contribution in [0, 0.1) is 18.3 Å². The summed E-state index contributed by atoms with van der Waals surface area (Å²) in [5.41, 5.74) is 7.08. The summed E-state index contributed by atoms with van der Waals surface area (Å²) in [6.07, 6.45) is 3.48. The largest absolute Gasteiger partial charge is 0.473 e. The SMILES string of the molecule is Cc1ccnc(OC2CC(N)C2)c1C#N. The highest BCUT2D eigenvalue weighted by Crippen LogP contribution is 2.26. The number of nitrogens with two attached hydrogens (primary N) is 1. The Morgan fingerprint density at radius 3 is 2.93 bits per heavy atom. The summed E-state index contributed by atoms with van der Waals surface area (Å²) in [7, 11) is 0. The number of hydrogen-bond acceptors (Lipinski definition) is 4. The molecule has 2 N–H and O–H groups in total. The van der Waals surface area contributed by atoms with Crippen LogP contribution in [0.2, 0.25) is 0 Å². The second-order valence-corrected chi connectivity index (χ2v) is 3.89. The standard InChI is InChI=1S/C11H13N3O/c1-7-2-3-14-11(10(7)6-12)15-9-4-8(13)5-9/h2-3,8-9H,4-5,13H2,1H3. The lowest BCUT2D eigenvalue weighted by Crippen LogP contribution is -2.43. The highest BCUT2D eigenvalue weighted by Gasteiger charge is 2.28. The molecule has 0 atom stereocenters. The van der Waals surface area contributed by atoms with E-state index in [-0.39, 0.29) is 12.1 Å². The summed E-state index contributed by atoms with van der Waals surface area (Å²) in [6.45, 7) is 1.87. The third-order valence-electron chi connectivity index (χ3n) is 2.65. The highest BCUT2D eigenvalue weighted by molar-refractivity contribution is 5.43. The summed E-state index contributed by atoms with van der Waals surface area (Å²) in [4.78, 5) is 4.07. The van der Waals surface area contributed by atoms with E-state index in [2.05, 4.69) is 11.1 Å². The van der Waals surface area contributed by atoms with Crippen molar-refractivity contribution in [2.24, 2.45) is 5.73 Å². The third-order valence-corrected chi connectivity index (χ3v) is 2.65. The van der Waals surface area contributed by atoms with Gasteiger partial charge < -0.3 is 10.5 Å². The van der Waals surface area contributed by atoms with Crippen LogP contribution in [-0.2, 0) is 0 Å². The number of pyridine rings is 1. The molecule has 1 aliphatic carbocycles. The maximum atomic E-state index is 8.96. The molecule has 0 bridgehead atoms. The second kappa shape index (κ2) is 3.87. The van der Waals surface area contributed by atoms with E-state index in [1.807, 2.05) is 6.92 Å². The first kappa shape index (κ1) is 9.94. The third kappa shape index (κ3) is 1.92. The Kier molecular flexibility index (Phi) is 2.57. The van der Waals surface area contributed by atoms with Gasteiger partial charge in [0.15, 0.2) is 0 Å². The predicted octanol–water partition coefficient (Wildman–Crippen LogP) is 1.13. The molecule has 1 saturated carbocycles. The molecule has 1 aromatic rings. The number of hydrogen-bond donors (Lipinski definition) is 1. The number of aromatic nitrogens is 1. The lowest BCUT2D eigenvalue weighted by Gasteiger charge is -2.32. The summed E-state index contributed by atoms with van der Waals surface area (Å²) in [6, 6.07) is 4.15. The monoisotopic (exact) mass is 203 g/mol. The number of aryl methyl sites for hydroxylation is 1. The van der Waals surface area contributed by atoms with Crippen LogP contribution in [0.4, 0.5) is 0 Å². The van der Waals surface area contributed by atoms with Crippen LogP contribution < -0.4 is 10.5 Å². The van der Waals surface area contributed by atoms with Crippen molar-refractivity contribution in [2.75, 3.05) is 0 Å². The molecule has 0 unspecified atom stereocenters. The Hall–Kier alpha value is -1.60. The molecule has 4 heteroatoms. The fourth-order valence-corrected chi connectivity index (χ4v) is 1.62. The first-order chi connectivity index (χ1) is 7.20. The van der Waals surface area contributed by atoms with Gasteiger partial charge in [0, 0.05) is 12.2 Å². The minimum atomic E-state index is 0.126. The molecule has 0 amide bonds. The highest BCUT2D eigenvalue weighted by atomic mass is 16.5. The van der Waals surface area contributed by atoms with E-state index in [0.717, 1.165) is 18.4 Å². The summed E-state index contributed by atoms with van der Waals surface area (Å²) >= 11 is 0. The lowest BCUT2D eigenvalue weighted by molar-refractivity contribution is 0.0954. The van der Waals surface area contributed by atoms with E-state index < -0.39 is 0 Å². The Labute approximate surface area is 88.7 Å². The van der Waals surface area contributed by atoms with E-state index in [1.54, 1.807) is 12.3 Å². The van der Waals surface area contributed by atoms with E-state index in [0.29, 0.717) is 11.4 Å². The van der Waals surface area contributed by atoms with E-state index >= 15 is 0 Å². The molecule has 15 heavy (non-hydrogen) atoms. The summed E-state index contributed by atoms with van der Waals surface area (Å²) < 4.78 is 5.61. The smallest absolute Gasteiger partial charge is 0.232 e. The molecule has 0 aromatic carbocycles. The van der Waals surface area contributed by atoms with Gasteiger partial charge in [0.2, 0.25) is 5.88 Å². The lowest BCUT2D eigenvalue weighted by atomic mass is 9.90. The fraction of sp³-hybridized carbons (Fsp3) is 0.455. The molecule has 1 aliphatic rings. The molecule has 0 spiro atoms. The maximum absolute atomic E-state index is 8.96. The van der Waals surface area contributed by atoms with Crippen molar-refractivity contribution in [3.63, 3.8) is 0 Å². The predicted molar refractivity (Wildman–Crippen MR) is 55.3 cm³/mol. The van der Waals surface area contributed by atoms with E-state index in [4.69, 9.17) is 15.7 Å². The van der Waals surface area contributed by atoms with Crippen molar-refractivity contribution in [1.29, 1.82) is 5.26 Å². The van der Waals surface area contributed by atoms with Gasteiger partial charge >= 0.3 is 0 Å². The van der Waals surface area contributed by atoms with Crippen LogP contribution >= 0.6 is 0 Å². The number of nitriles is 1. The van der Waals surface area contributed by atoms with Gasteiger partial charge in [-0.1, -0.05) is 0 Å². The minimum absolute atomic E-state index is 0.126. The molecular weight excluding hydrogens is 190 g/mol. The molecule has 1 fully saturated rings. The molecule has 0 aliphatic heterocycles. The molecule has 78 valence electrons. The molecule has 1 heterocycles. The van der Waals surface area contributed by atoms with Crippen molar-refractivity contribution in [2.45, 2.75) is 31.9 Å². The quantitative estimate of drug-likeness (QED) is 0.782. The van der Waals surface area contributed by atoms with Crippen LogP contribution in [0.5, 0.6) is 5.88 Å². The van der Waals surface area contributed by atoms with Crippen molar-refractivity contribution in [1.82, 2.24) is 4.98 Å². The molecule has 0 radical (unpaired) electrons. The Bertz CT molecular complexity index is 405. The number of nitrogens with zero attached hydrogens (tertiary/aromatic N) is 2. The van der Waals surface area contributed by atoms with Crippen LogP contribution in [0.15, 0.2) is 12.3 Å². The maximum Gasteiger partial charge on any atom is 0.232 e. The molecule has 0 saturated heterocycles. The second-order valence-electron chi connectivity index (χ2n) is 3.89. The van der Waals surface area contributed by atoms with Gasteiger partial charge in [-0.25, -0.2) is 4.98 Å². The van der Waals surface area contributed by atoms with Gasteiger partial charge in [0.05, 0.1) is 0 Å². The van der Waals surface area contributed by atoms with Crippen molar-refractivity contribution in [3.05, 3.63) is 23.4 Å². The van der Waals surface area contributed by atoms with Crippen LogP contribution in [0.1, 0.15) is 24.0 Å². The van der Waals surface area contributed by atoms with Crippen LogP contribution in [-0.4, -0.2) is 17.1 Å². The Morgan fingerprint density at radius 1 is 1.60 bits per heavy atom. The Morgan fingerprint density at radius 2 is 2.33 bits per heavy atom. The van der Waals surface area contributed by atoms with Gasteiger partial charge in [-0.2, -0.15) is 5.26 Å². The van der Waals surface area contributed by atoms with Gasteiger partial charge in [0.1, 0.15) is 17.7 Å². The zero-order valence-corrected chi connectivity index (χ0v) is 8.60. The average Bonchev–Trinajstić information content (AvgIpc) is 2.16. The zero-order valence-electron chi connectivity index (χ0n) is 8.60. The first-order valence-electron chi connectivity index (χ1n) is 4.98. The molecule has 1 aromatic heterocycles. The van der Waals surface area contributed by atoms with Gasteiger partial charge in [-0.3, -0.25) is 0 Å². The van der Waals surface area contributed by atoms with Gasteiger partial charge in [-0.05, 0) is 31.4 Å². The first-order valence-corrected chi connectivity index (χ1v) is 4.98. The van der Waals surface area contributed by atoms with Crippen LogP contribution in [0.3, 0.4) is 0 Å². The molecule has 4 nitrogen and oxygen atoms in total. The zero-order chi connectivity index (χ0) is 10.8. The number of ether oxygens (including phenoxy) is 1. The fourth-order valence-electron chi connectivity index (χ4n) is 1.62. The topological polar surface area (TPSA) is 71.9 Å². The summed E-state index contributed by atoms with van der Waals surface area (Å²) in [5.74, 6) is 0.439. The molecule has 2 rings (SSSR count). The molecular formula is C11H13N3O. The van der Waals surface area contributed by atoms with Crippen molar-refractivity contribution in [3.8, 4) is 11.9 Å². The van der Waals surface area contributed by atoms with E-state index in [1.165, 1.54) is 0 Å². The van der Waals surface area contributed by atoms with Gasteiger partial charge in [-0.15, -0.1) is 0 Å². The van der Waals surface area contributed by atoms with Crippen molar-refractivity contribution >= 4 is 0 Å². The average molecular weight is 203 g/mol. The normalized spacial score (nSPS) is 24.1. The van der Waals surface area contributed by atoms with E-state index in [9.17, 15) is 0 Å². The van der Waals surface area contributed by atoms with Crippen LogP contribution in [0.25, 0.3) is 0 Å².